The maximum atomic E-state index is 13.2. The van der Waals surface area contributed by atoms with Gasteiger partial charge in [0.05, 0.1) is 6.07 Å². The number of nitrogens with zero attached hydrogens (tertiary/aromatic N) is 4. The number of carbonyl (C=O) groups excluding carboxylic acids is 3. The second kappa shape index (κ2) is 28.0. The molecule has 0 aliphatic carbocycles. The van der Waals surface area contributed by atoms with Crippen LogP contribution in [0.4, 0.5) is 0 Å². The van der Waals surface area contributed by atoms with Crippen LogP contribution in [0.3, 0.4) is 0 Å². The number of hydrogen-bond acceptors (Lipinski definition) is 7. The van der Waals surface area contributed by atoms with Gasteiger partial charge in [0.25, 0.3) is 0 Å². The van der Waals surface area contributed by atoms with Crippen LogP contribution in [0.15, 0.2) is 91.0 Å². The summed E-state index contributed by atoms with van der Waals surface area (Å²) in [5.74, 6) is -0.131. The van der Waals surface area contributed by atoms with Crippen molar-refractivity contribution in [1.29, 1.82) is 5.26 Å². The maximum absolute atomic E-state index is 13.2. The highest BCUT2D eigenvalue weighted by molar-refractivity contribution is 5.75. The SMILES string of the molecule is CC(=O)N(CCCCCCCC(=O)N(CCCCCCCC(=O)N(CCCCC#N)OCc1ccccc1)OCc1ccccc1)OCc1ccccc1. The molecule has 3 aromatic rings. The third kappa shape index (κ3) is 19.5. The molecular formula is C44H60N4O6. The number of rotatable bonds is 29. The lowest BCUT2D eigenvalue weighted by Gasteiger charge is -2.22. The lowest BCUT2D eigenvalue weighted by atomic mass is 10.1. The molecule has 3 aromatic carbocycles. The van der Waals surface area contributed by atoms with Gasteiger partial charge in [0.15, 0.2) is 0 Å². The molecule has 3 amide bonds. The second-order valence-corrected chi connectivity index (χ2v) is 13.5. The van der Waals surface area contributed by atoms with E-state index < -0.39 is 0 Å². The summed E-state index contributed by atoms with van der Waals surface area (Å²) in [5, 5.41) is 13.3. The molecule has 0 fully saturated rings. The summed E-state index contributed by atoms with van der Waals surface area (Å²) < 4.78 is 0. The van der Waals surface area contributed by atoms with Crippen molar-refractivity contribution in [1.82, 2.24) is 15.2 Å². The molecule has 3 rings (SSSR count). The molecule has 54 heavy (non-hydrogen) atoms. The Kier molecular flexibility index (Phi) is 22.7. The number of hydroxylamine groups is 6. The average molecular weight is 741 g/mol. The monoisotopic (exact) mass is 740 g/mol. The minimum Gasteiger partial charge on any atom is -0.273 e. The van der Waals surface area contributed by atoms with Gasteiger partial charge in [-0.2, -0.15) is 5.26 Å². The summed E-state index contributed by atoms with van der Waals surface area (Å²) in [7, 11) is 0. The van der Waals surface area contributed by atoms with Crippen LogP contribution in [-0.2, 0) is 48.7 Å². The molecule has 0 atom stereocenters. The van der Waals surface area contributed by atoms with Crippen molar-refractivity contribution in [2.75, 3.05) is 19.6 Å². The van der Waals surface area contributed by atoms with Gasteiger partial charge in [-0.3, -0.25) is 28.9 Å². The van der Waals surface area contributed by atoms with E-state index in [0.29, 0.717) is 58.7 Å². The quantitative estimate of drug-likeness (QED) is 0.0515. The molecule has 0 N–H and O–H groups in total. The first-order chi connectivity index (χ1) is 26.5. The fraction of sp³-hybridized carbons (Fsp3) is 0.500. The van der Waals surface area contributed by atoms with Crippen molar-refractivity contribution >= 4 is 17.7 Å². The zero-order valence-electron chi connectivity index (χ0n) is 32.2. The third-order valence-corrected chi connectivity index (χ3v) is 9.00. The standard InChI is InChI=1S/C44H60N4O6/c1-39(49)46(52-36-40-24-12-8-13-25-40)33-21-6-2-4-18-30-43(50)47(53-37-41-26-14-9-15-27-41)34-22-7-3-5-19-31-44(51)48(35-23-11-20-32-45)54-38-42-28-16-10-17-29-42/h8-10,12-17,24-29H,2-7,11,18-23,30-31,33-38H2,1H3. The van der Waals surface area contributed by atoms with Gasteiger partial charge in [0.2, 0.25) is 17.7 Å². The highest BCUT2D eigenvalue weighted by Crippen LogP contribution is 2.15. The Balaban J connectivity index is 1.33. The van der Waals surface area contributed by atoms with Crippen molar-refractivity contribution in [2.45, 2.75) is 123 Å². The summed E-state index contributed by atoms with van der Waals surface area (Å²) in [4.78, 5) is 55.9. The number of amides is 3. The highest BCUT2D eigenvalue weighted by atomic mass is 16.7. The topological polar surface area (TPSA) is 112 Å². The molecule has 0 saturated heterocycles. The van der Waals surface area contributed by atoms with Crippen LogP contribution < -0.4 is 0 Å². The van der Waals surface area contributed by atoms with E-state index in [4.69, 9.17) is 19.8 Å². The molecule has 0 aliphatic rings. The smallest absolute Gasteiger partial charge is 0.246 e. The summed E-state index contributed by atoms with van der Waals surface area (Å²) in [6, 6.07) is 31.6. The van der Waals surface area contributed by atoms with Gasteiger partial charge in [-0.25, -0.2) is 15.2 Å². The van der Waals surface area contributed by atoms with Crippen LogP contribution >= 0.6 is 0 Å². The minimum absolute atomic E-state index is 0.000964. The Morgan fingerprint density at radius 3 is 1.20 bits per heavy atom. The van der Waals surface area contributed by atoms with Crippen LogP contribution in [0, 0.1) is 11.3 Å². The first-order valence-electron chi connectivity index (χ1n) is 19.7. The number of benzene rings is 3. The number of hydrogen-bond donors (Lipinski definition) is 0. The van der Waals surface area contributed by atoms with E-state index in [0.717, 1.165) is 93.7 Å². The van der Waals surface area contributed by atoms with Gasteiger partial charge in [-0.05, 0) is 55.2 Å². The van der Waals surface area contributed by atoms with Crippen molar-refractivity contribution in [2.24, 2.45) is 0 Å². The Morgan fingerprint density at radius 2 is 0.815 bits per heavy atom. The van der Waals surface area contributed by atoms with Crippen LogP contribution in [0.5, 0.6) is 0 Å². The molecule has 0 heterocycles. The van der Waals surface area contributed by atoms with E-state index in [1.807, 2.05) is 91.0 Å². The van der Waals surface area contributed by atoms with Gasteiger partial charge in [-0.15, -0.1) is 0 Å². The van der Waals surface area contributed by atoms with E-state index in [1.54, 1.807) is 5.06 Å². The van der Waals surface area contributed by atoms with Crippen molar-refractivity contribution < 1.29 is 28.9 Å². The molecule has 0 spiro atoms. The van der Waals surface area contributed by atoms with Crippen molar-refractivity contribution in [3.8, 4) is 6.07 Å². The summed E-state index contributed by atoms with van der Waals surface area (Å²) in [6.45, 7) is 4.11. The average Bonchev–Trinajstić information content (AvgIpc) is 3.19. The Hall–Kier alpha value is -4.56. The van der Waals surface area contributed by atoms with E-state index >= 15 is 0 Å². The van der Waals surface area contributed by atoms with E-state index in [2.05, 4.69) is 6.07 Å². The molecule has 10 nitrogen and oxygen atoms in total. The molecule has 0 aliphatic heterocycles. The number of unbranched alkanes of at least 4 members (excludes halogenated alkanes) is 10. The van der Waals surface area contributed by atoms with E-state index in [1.165, 1.54) is 17.1 Å². The zero-order chi connectivity index (χ0) is 38.5. The first-order valence-corrected chi connectivity index (χ1v) is 19.7. The lowest BCUT2D eigenvalue weighted by Crippen LogP contribution is -2.32. The summed E-state index contributed by atoms with van der Waals surface area (Å²) in [5.41, 5.74) is 3.04. The fourth-order valence-electron chi connectivity index (χ4n) is 5.85. The van der Waals surface area contributed by atoms with Crippen LogP contribution in [0.2, 0.25) is 0 Å². The van der Waals surface area contributed by atoms with Crippen molar-refractivity contribution in [3.63, 3.8) is 0 Å². The van der Waals surface area contributed by atoms with E-state index in [-0.39, 0.29) is 17.7 Å². The maximum Gasteiger partial charge on any atom is 0.246 e. The Labute approximate surface area is 322 Å². The lowest BCUT2D eigenvalue weighted by molar-refractivity contribution is -0.192. The second-order valence-electron chi connectivity index (χ2n) is 13.5. The van der Waals surface area contributed by atoms with Crippen LogP contribution in [-0.4, -0.2) is 52.5 Å². The summed E-state index contributed by atoms with van der Waals surface area (Å²) >= 11 is 0. The predicted octanol–water partition coefficient (Wildman–Crippen LogP) is 9.26. The van der Waals surface area contributed by atoms with Crippen molar-refractivity contribution in [3.05, 3.63) is 108 Å². The van der Waals surface area contributed by atoms with Gasteiger partial charge in [-0.1, -0.05) is 130 Å². The fourth-order valence-corrected chi connectivity index (χ4v) is 5.85. The summed E-state index contributed by atoms with van der Waals surface area (Å²) in [6.07, 6.45) is 11.6. The Bertz CT molecular complexity index is 1490. The molecule has 0 radical (unpaired) electrons. The Morgan fingerprint density at radius 1 is 0.481 bits per heavy atom. The molecule has 0 bridgehead atoms. The molecule has 0 aromatic heterocycles. The number of nitriles is 1. The first kappa shape index (κ1) is 43.8. The van der Waals surface area contributed by atoms with Crippen LogP contribution in [0.25, 0.3) is 0 Å². The predicted molar refractivity (Wildman–Crippen MR) is 209 cm³/mol. The van der Waals surface area contributed by atoms with Gasteiger partial charge in [0, 0.05) is 45.8 Å². The van der Waals surface area contributed by atoms with Gasteiger partial charge < -0.3 is 0 Å². The zero-order valence-corrected chi connectivity index (χ0v) is 32.2. The molecular weight excluding hydrogens is 681 g/mol. The third-order valence-electron chi connectivity index (χ3n) is 9.00. The molecule has 0 saturated carbocycles. The van der Waals surface area contributed by atoms with Gasteiger partial charge in [0.1, 0.15) is 19.8 Å². The molecule has 0 unspecified atom stereocenters. The van der Waals surface area contributed by atoms with Crippen LogP contribution in [0.1, 0.15) is 120 Å². The highest BCUT2D eigenvalue weighted by Gasteiger charge is 2.16. The minimum atomic E-state index is -0.103. The van der Waals surface area contributed by atoms with E-state index in [9.17, 15) is 14.4 Å². The molecule has 292 valence electrons. The van der Waals surface area contributed by atoms with Gasteiger partial charge >= 0.3 is 0 Å². The normalized spacial score (nSPS) is 10.8. The number of carbonyl (C=O) groups is 3. The molecule has 10 heteroatoms. The largest absolute Gasteiger partial charge is 0.273 e.